The number of oxime groups is 1. The van der Waals surface area contributed by atoms with Gasteiger partial charge in [-0.3, -0.25) is 0 Å². The van der Waals surface area contributed by atoms with Gasteiger partial charge in [-0.2, -0.15) is 5.10 Å². The largest absolute Gasteiger partial charge is 0.493 e. The van der Waals surface area contributed by atoms with Crippen LogP contribution in [0.1, 0.15) is 36.5 Å². The summed E-state index contributed by atoms with van der Waals surface area (Å²) < 4.78 is 5.91. The van der Waals surface area contributed by atoms with Gasteiger partial charge in [0.05, 0.1) is 17.4 Å². The van der Waals surface area contributed by atoms with Gasteiger partial charge in [0, 0.05) is 11.3 Å². The van der Waals surface area contributed by atoms with Gasteiger partial charge in [-0.05, 0) is 56.9 Å². The van der Waals surface area contributed by atoms with Crippen LogP contribution in [0.2, 0.25) is 0 Å². The van der Waals surface area contributed by atoms with Gasteiger partial charge >= 0.3 is 0 Å². The van der Waals surface area contributed by atoms with Crippen molar-refractivity contribution in [2.45, 2.75) is 33.6 Å². The molecule has 6 nitrogen and oxygen atoms in total. The molecule has 0 saturated heterocycles. The van der Waals surface area contributed by atoms with Crippen LogP contribution in [0.4, 0.5) is 0 Å². The van der Waals surface area contributed by atoms with E-state index in [1.165, 1.54) is 0 Å². The van der Waals surface area contributed by atoms with Crippen LogP contribution >= 0.6 is 11.8 Å². The zero-order valence-corrected chi connectivity index (χ0v) is 14.5. The van der Waals surface area contributed by atoms with E-state index in [2.05, 4.69) is 15.4 Å². The molecule has 0 fully saturated rings. The SMILES string of the molecule is CC1=NN=C(CCCOc2c(C)cc(C(N)=NO)cc2C)CS1. The highest BCUT2D eigenvalue weighted by Gasteiger charge is 2.10. The molecule has 0 aromatic heterocycles. The lowest BCUT2D eigenvalue weighted by Gasteiger charge is -2.14. The van der Waals surface area contributed by atoms with Gasteiger partial charge in [-0.1, -0.05) is 5.16 Å². The van der Waals surface area contributed by atoms with Crippen molar-refractivity contribution >= 4 is 28.4 Å². The van der Waals surface area contributed by atoms with E-state index in [0.29, 0.717) is 12.2 Å². The van der Waals surface area contributed by atoms with Crippen LogP contribution in [-0.4, -0.2) is 34.2 Å². The van der Waals surface area contributed by atoms with Crippen LogP contribution in [0, 0.1) is 13.8 Å². The van der Waals surface area contributed by atoms with E-state index in [9.17, 15) is 0 Å². The number of thioether (sulfide) groups is 1. The molecule has 0 spiro atoms. The summed E-state index contributed by atoms with van der Waals surface area (Å²) in [5.41, 5.74) is 9.37. The minimum absolute atomic E-state index is 0.103. The second-order valence-corrected chi connectivity index (χ2v) is 6.62. The molecule has 1 heterocycles. The summed E-state index contributed by atoms with van der Waals surface area (Å²) in [6.07, 6.45) is 1.79. The second kappa shape index (κ2) is 8.01. The number of benzene rings is 1. The second-order valence-electron chi connectivity index (χ2n) is 5.45. The molecule has 3 N–H and O–H groups in total. The van der Waals surface area contributed by atoms with E-state index in [0.717, 1.165) is 46.2 Å². The van der Waals surface area contributed by atoms with Crippen LogP contribution in [0.3, 0.4) is 0 Å². The van der Waals surface area contributed by atoms with Gasteiger partial charge < -0.3 is 15.7 Å². The first-order valence-corrected chi connectivity index (χ1v) is 8.44. The molecule has 1 aromatic carbocycles. The van der Waals surface area contributed by atoms with Crippen LogP contribution in [0.25, 0.3) is 0 Å². The van der Waals surface area contributed by atoms with E-state index in [-0.39, 0.29) is 5.84 Å². The standard InChI is InChI=1S/C16H22N4O2S/c1-10-7-13(16(17)20-21)8-11(2)15(10)22-6-4-5-14-9-23-12(3)18-19-14/h7-8,21H,4-6,9H2,1-3H3,(H2,17,20). The van der Waals surface area contributed by atoms with Crippen LogP contribution < -0.4 is 10.5 Å². The van der Waals surface area contributed by atoms with Crippen LogP contribution in [-0.2, 0) is 0 Å². The average molecular weight is 334 g/mol. The fourth-order valence-electron chi connectivity index (χ4n) is 2.34. The third-order valence-electron chi connectivity index (χ3n) is 3.50. The van der Waals surface area contributed by atoms with Crippen molar-refractivity contribution in [3.05, 3.63) is 28.8 Å². The van der Waals surface area contributed by atoms with Crippen molar-refractivity contribution < 1.29 is 9.94 Å². The average Bonchev–Trinajstić information content (AvgIpc) is 2.54. The Hall–Kier alpha value is -2.02. The van der Waals surface area contributed by atoms with E-state index in [1.807, 2.05) is 32.9 Å². The number of rotatable bonds is 6. The Labute approximate surface area is 140 Å². The quantitative estimate of drug-likeness (QED) is 0.275. The topological polar surface area (TPSA) is 92.6 Å². The molecule has 0 saturated carbocycles. The number of hydrogen-bond acceptors (Lipinski definition) is 6. The summed E-state index contributed by atoms with van der Waals surface area (Å²) in [5.74, 6) is 1.88. The van der Waals surface area contributed by atoms with Crippen molar-refractivity contribution in [1.82, 2.24) is 0 Å². The molecule has 1 aliphatic rings. The highest BCUT2D eigenvalue weighted by atomic mass is 32.2. The first kappa shape index (κ1) is 17.3. The summed E-state index contributed by atoms with van der Waals surface area (Å²) in [6.45, 7) is 6.50. The Bertz CT molecular complexity index is 645. The fourth-order valence-corrected chi connectivity index (χ4v) is 3.02. The van der Waals surface area contributed by atoms with Gasteiger partial charge in [-0.15, -0.1) is 16.9 Å². The maximum atomic E-state index is 8.76. The third kappa shape index (κ3) is 4.72. The number of nitrogens with two attached hydrogens (primary N) is 1. The molecule has 0 radical (unpaired) electrons. The lowest BCUT2D eigenvalue weighted by Crippen LogP contribution is -2.14. The van der Waals surface area contributed by atoms with E-state index >= 15 is 0 Å². The zero-order valence-electron chi connectivity index (χ0n) is 13.7. The van der Waals surface area contributed by atoms with E-state index in [4.69, 9.17) is 15.7 Å². The highest BCUT2D eigenvalue weighted by Crippen LogP contribution is 2.25. The maximum Gasteiger partial charge on any atom is 0.170 e. The summed E-state index contributed by atoms with van der Waals surface area (Å²) in [7, 11) is 0. The molecule has 0 aliphatic carbocycles. The Morgan fingerprint density at radius 3 is 2.57 bits per heavy atom. The van der Waals surface area contributed by atoms with Crippen molar-refractivity contribution in [1.29, 1.82) is 0 Å². The summed E-state index contributed by atoms with van der Waals surface area (Å²) in [5, 5.41) is 21.1. The van der Waals surface area contributed by atoms with Crippen molar-refractivity contribution in [3.8, 4) is 5.75 Å². The number of nitrogens with zero attached hydrogens (tertiary/aromatic N) is 3. The molecule has 0 bridgehead atoms. The summed E-state index contributed by atoms with van der Waals surface area (Å²) in [6, 6.07) is 3.72. The molecule has 7 heteroatoms. The Morgan fingerprint density at radius 1 is 1.30 bits per heavy atom. The molecular weight excluding hydrogens is 312 g/mol. The monoisotopic (exact) mass is 334 g/mol. The van der Waals surface area contributed by atoms with Crippen LogP contribution in [0.15, 0.2) is 27.5 Å². The predicted octanol–water partition coefficient (Wildman–Crippen LogP) is 3.08. The van der Waals surface area contributed by atoms with Gasteiger partial charge in [0.2, 0.25) is 0 Å². The molecule has 0 atom stereocenters. The smallest absolute Gasteiger partial charge is 0.170 e. The molecule has 1 aromatic rings. The van der Waals surface area contributed by atoms with Crippen molar-refractivity contribution in [2.75, 3.05) is 12.4 Å². The fraction of sp³-hybridized carbons (Fsp3) is 0.438. The normalized spacial score (nSPS) is 15.2. The highest BCUT2D eigenvalue weighted by molar-refractivity contribution is 8.14. The molecule has 1 aliphatic heterocycles. The minimum atomic E-state index is 0.103. The zero-order chi connectivity index (χ0) is 16.8. The summed E-state index contributed by atoms with van der Waals surface area (Å²) in [4.78, 5) is 0. The van der Waals surface area contributed by atoms with Gasteiger partial charge in [-0.25, -0.2) is 0 Å². The predicted molar refractivity (Wildman–Crippen MR) is 96.2 cm³/mol. The van der Waals surface area contributed by atoms with Crippen molar-refractivity contribution in [3.63, 3.8) is 0 Å². The van der Waals surface area contributed by atoms with E-state index in [1.54, 1.807) is 11.8 Å². The molecule has 0 unspecified atom stereocenters. The Morgan fingerprint density at radius 2 is 2.00 bits per heavy atom. The molecule has 2 rings (SSSR count). The maximum absolute atomic E-state index is 8.76. The van der Waals surface area contributed by atoms with Gasteiger partial charge in [0.15, 0.2) is 5.84 Å². The Kier molecular flexibility index (Phi) is 6.04. The van der Waals surface area contributed by atoms with Crippen LogP contribution in [0.5, 0.6) is 5.75 Å². The first-order chi connectivity index (χ1) is 11.0. The van der Waals surface area contributed by atoms with Gasteiger partial charge in [0.25, 0.3) is 0 Å². The van der Waals surface area contributed by atoms with Gasteiger partial charge in [0.1, 0.15) is 5.75 Å². The number of hydrogen-bond donors (Lipinski definition) is 2. The number of aryl methyl sites for hydroxylation is 2. The number of ether oxygens (including phenoxy) is 1. The third-order valence-corrected chi connectivity index (χ3v) is 4.48. The van der Waals surface area contributed by atoms with Crippen molar-refractivity contribution in [2.24, 2.45) is 21.1 Å². The Balaban J connectivity index is 1.91. The molecular formula is C16H22N4O2S. The molecule has 23 heavy (non-hydrogen) atoms. The molecule has 124 valence electrons. The first-order valence-electron chi connectivity index (χ1n) is 7.46. The number of amidine groups is 1. The summed E-state index contributed by atoms with van der Waals surface area (Å²) >= 11 is 1.73. The lowest BCUT2D eigenvalue weighted by atomic mass is 10.1. The minimum Gasteiger partial charge on any atom is -0.493 e. The molecule has 0 amide bonds. The van der Waals surface area contributed by atoms with E-state index < -0.39 is 0 Å². The lowest BCUT2D eigenvalue weighted by molar-refractivity contribution is 0.309.